The minimum Gasteiger partial charge on any atom is -0.378 e. The van der Waals surface area contributed by atoms with E-state index in [1.165, 1.54) is 5.56 Å². The fraction of sp³-hybridized carbons (Fsp3) is 0.348. The van der Waals surface area contributed by atoms with Crippen LogP contribution in [0.15, 0.2) is 54.6 Å². The summed E-state index contributed by atoms with van der Waals surface area (Å²) in [6.45, 7) is 5.98. The van der Waals surface area contributed by atoms with Gasteiger partial charge in [0.25, 0.3) is 5.91 Å². The lowest BCUT2D eigenvalue weighted by Gasteiger charge is -2.38. The Morgan fingerprint density at radius 1 is 1.15 bits per heavy atom. The number of anilines is 1. The molecule has 4 rings (SSSR count). The lowest BCUT2D eigenvalue weighted by atomic mass is 9.76. The number of rotatable bonds is 2. The number of carbonyl (C=O) groups excluding carboxylic acids is 1. The van der Waals surface area contributed by atoms with Gasteiger partial charge in [0.2, 0.25) is 0 Å². The zero-order chi connectivity index (χ0) is 19.2. The van der Waals surface area contributed by atoms with E-state index in [9.17, 15) is 4.79 Å². The second kappa shape index (κ2) is 6.72. The predicted octanol–water partition coefficient (Wildman–Crippen LogP) is 5.69. The van der Waals surface area contributed by atoms with Crippen molar-refractivity contribution in [2.45, 2.75) is 44.7 Å². The molecule has 140 valence electrons. The molecule has 3 unspecified atom stereocenters. The highest BCUT2D eigenvalue weighted by Crippen LogP contribution is 2.50. The molecule has 0 saturated heterocycles. The summed E-state index contributed by atoms with van der Waals surface area (Å²) >= 11 is 6.49. The van der Waals surface area contributed by atoms with Gasteiger partial charge in [0.05, 0.1) is 6.04 Å². The number of halogens is 1. The number of hydrogen-bond donors (Lipinski definition) is 2. The van der Waals surface area contributed by atoms with E-state index >= 15 is 0 Å². The quantitative estimate of drug-likeness (QED) is 0.656. The largest absolute Gasteiger partial charge is 0.378 e. The molecule has 0 saturated carbocycles. The normalized spacial score (nSPS) is 23.3. The molecule has 0 radical (unpaired) electrons. The second-order valence-electron chi connectivity index (χ2n) is 8.50. The third-order valence-electron chi connectivity index (χ3n) is 5.35. The summed E-state index contributed by atoms with van der Waals surface area (Å²) in [7, 11) is 0. The van der Waals surface area contributed by atoms with Crippen molar-refractivity contribution in [2.75, 3.05) is 5.32 Å². The maximum absolute atomic E-state index is 12.6. The molecule has 0 spiro atoms. The molecule has 1 aliphatic carbocycles. The second-order valence-corrected chi connectivity index (χ2v) is 8.91. The van der Waals surface area contributed by atoms with Gasteiger partial charge in [-0.2, -0.15) is 0 Å². The van der Waals surface area contributed by atoms with Gasteiger partial charge in [-0.05, 0) is 68.5 Å². The predicted molar refractivity (Wildman–Crippen MR) is 111 cm³/mol. The van der Waals surface area contributed by atoms with Crippen LogP contribution in [0.3, 0.4) is 0 Å². The maximum atomic E-state index is 12.6. The van der Waals surface area contributed by atoms with E-state index in [-0.39, 0.29) is 17.5 Å². The summed E-state index contributed by atoms with van der Waals surface area (Å²) in [5, 5.41) is 7.53. The third kappa shape index (κ3) is 3.49. The van der Waals surface area contributed by atoms with Crippen molar-refractivity contribution in [1.29, 1.82) is 0 Å². The Kier molecular flexibility index (Phi) is 4.51. The van der Waals surface area contributed by atoms with E-state index in [1.54, 1.807) is 0 Å². The SMILES string of the molecule is CC(C)(C)NC(=O)c1ccc2c(c1)C1C=CCC1C(c1ccccc1Cl)N2. The molecule has 1 aliphatic heterocycles. The first-order chi connectivity index (χ1) is 12.8. The van der Waals surface area contributed by atoms with Crippen LogP contribution in [0, 0.1) is 5.92 Å². The number of hydrogen-bond acceptors (Lipinski definition) is 2. The van der Waals surface area contributed by atoms with Crippen molar-refractivity contribution in [3.05, 3.63) is 76.3 Å². The van der Waals surface area contributed by atoms with Gasteiger partial charge in [-0.3, -0.25) is 4.79 Å². The minimum atomic E-state index is -0.254. The van der Waals surface area contributed by atoms with Crippen molar-refractivity contribution in [1.82, 2.24) is 5.32 Å². The first-order valence-corrected chi connectivity index (χ1v) is 9.85. The molecule has 1 heterocycles. The van der Waals surface area contributed by atoms with Crippen LogP contribution in [0.1, 0.15) is 60.6 Å². The van der Waals surface area contributed by atoms with Gasteiger partial charge in [0.15, 0.2) is 0 Å². The zero-order valence-corrected chi connectivity index (χ0v) is 16.7. The van der Waals surface area contributed by atoms with Crippen molar-refractivity contribution in [2.24, 2.45) is 5.92 Å². The summed E-state index contributed by atoms with van der Waals surface area (Å²) in [4.78, 5) is 12.6. The van der Waals surface area contributed by atoms with Gasteiger partial charge >= 0.3 is 0 Å². The summed E-state index contributed by atoms with van der Waals surface area (Å²) in [6.07, 6.45) is 5.53. The Morgan fingerprint density at radius 2 is 1.93 bits per heavy atom. The number of amides is 1. The minimum absolute atomic E-state index is 0.0305. The van der Waals surface area contributed by atoms with Gasteiger partial charge in [-0.25, -0.2) is 0 Å². The molecule has 0 fully saturated rings. The fourth-order valence-electron chi connectivity index (χ4n) is 4.18. The molecule has 0 aromatic heterocycles. The van der Waals surface area contributed by atoms with Gasteiger partial charge in [-0.15, -0.1) is 0 Å². The molecule has 2 aliphatic rings. The Bertz CT molecular complexity index is 913. The number of nitrogens with one attached hydrogen (secondary N) is 2. The molecule has 0 bridgehead atoms. The highest BCUT2D eigenvalue weighted by molar-refractivity contribution is 6.31. The first kappa shape index (κ1) is 18.1. The van der Waals surface area contributed by atoms with Crippen LogP contribution >= 0.6 is 11.6 Å². The van der Waals surface area contributed by atoms with Crippen LogP contribution < -0.4 is 10.6 Å². The van der Waals surface area contributed by atoms with Crippen molar-refractivity contribution >= 4 is 23.2 Å². The highest BCUT2D eigenvalue weighted by Gasteiger charge is 2.38. The molecule has 2 N–H and O–H groups in total. The van der Waals surface area contributed by atoms with Gasteiger partial charge < -0.3 is 10.6 Å². The fourth-order valence-corrected chi connectivity index (χ4v) is 4.44. The van der Waals surface area contributed by atoms with Crippen LogP contribution in [0.4, 0.5) is 5.69 Å². The molecule has 1 amide bonds. The molecule has 3 atom stereocenters. The van der Waals surface area contributed by atoms with Crippen molar-refractivity contribution in [3.8, 4) is 0 Å². The molecule has 2 aromatic rings. The molecule has 4 heteroatoms. The van der Waals surface area contributed by atoms with Crippen molar-refractivity contribution < 1.29 is 4.79 Å². The zero-order valence-electron chi connectivity index (χ0n) is 15.9. The molecular formula is C23H25ClN2O. The molecule has 27 heavy (non-hydrogen) atoms. The van der Waals surface area contributed by atoms with E-state index in [0.29, 0.717) is 17.4 Å². The number of allylic oxidation sites excluding steroid dienone is 2. The number of fused-ring (bicyclic) bond motifs is 3. The molecule has 3 nitrogen and oxygen atoms in total. The lowest BCUT2D eigenvalue weighted by molar-refractivity contribution is 0.0919. The summed E-state index contributed by atoms with van der Waals surface area (Å²) in [6, 6.07) is 14.2. The molecular weight excluding hydrogens is 356 g/mol. The number of carbonyl (C=O) groups is 1. The van der Waals surface area contributed by atoms with Crippen LogP contribution in [0.25, 0.3) is 0 Å². The summed E-state index contributed by atoms with van der Waals surface area (Å²) in [5.41, 5.74) is 3.87. The van der Waals surface area contributed by atoms with E-state index in [0.717, 1.165) is 22.7 Å². The van der Waals surface area contributed by atoms with Crippen LogP contribution in [-0.2, 0) is 0 Å². The van der Waals surface area contributed by atoms with Gasteiger partial charge in [0.1, 0.15) is 0 Å². The molecule has 2 aromatic carbocycles. The summed E-state index contributed by atoms with van der Waals surface area (Å²) < 4.78 is 0. The monoisotopic (exact) mass is 380 g/mol. The van der Waals surface area contributed by atoms with Gasteiger partial charge in [-0.1, -0.05) is 42.0 Å². The topological polar surface area (TPSA) is 41.1 Å². The van der Waals surface area contributed by atoms with E-state index < -0.39 is 0 Å². The smallest absolute Gasteiger partial charge is 0.251 e. The maximum Gasteiger partial charge on any atom is 0.251 e. The third-order valence-corrected chi connectivity index (χ3v) is 5.70. The highest BCUT2D eigenvalue weighted by atomic mass is 35.5. The Hall–Kier alpha value is -2.26. The number of benzene rings is 2. The van der Waals surface area contributed by atoms with E-state index in [4.69, 9.17) is 11.6 Å². The average Bonchev–Trinajstić information content (AvgIpc) is 3.10. The van der Waals surface area contributed by atoms with Crippen LogP contribution in [0.2, 0.25) is 5.02 Å². The van der Waals surface area contributed by atoms with Crippen molar-refractivity contribution in [3.63, 3.8) is 0 Å². The van der Waals surface area contributed by atoms with Crippen LogP contribution in [-0.4, -0.2) is 11.4 Å². The lowest BCUT2D eigenvalue weighted by Crippen LogP contribution is -2.40. The van der Waals surface area contributed by atoms with E-state index in [2.05, 4.69) is 28.9 Å². The first-order valence-electron chi connectivity index (χ1n) is 9.47. The summed E-state index contributed by atoms with van der Waals surface area (Å²) in [5.74, 6) is 0.667. The van der Waals surface area contributed by atoms with Crippen LogP contribution in [0.5, 0.6) is 0 Å². The van der Waals surface area contributed by atoms with E-state index in [1.807, 2.05) is 57.2 Å². The Morgan fingerprint density at radius 3 is 2.67 bits per heavy atom. The Balaban J connectivity index is 1.70. The Labute approximate surface area is 165 Å². The average molecular weight is 381 g/mol. The van der Waals surface area contributed by atoms with Gasteiger partial charge in [0, 0.05) is 27.7 Å². The standard InChI is InChI=1S/C23H25ClN2O/c1-23(2,3)26-22(27)14-11-12-20-18(13-14)15-8-6-9-16(15)21(25-20)17-7-4-5-10-19(17)24/h4-8,10-13,15-16,21,25H,9H2,1-3H3,(H,26,27).